The molecule has 0 saturated heterocycles. The predicted molar refractivity (Wildman–Crippen MR) is 74.6 cm³/mol. The summed E-state index contributed by atoms with van der Waals surface area (Å²) in [4.78, 5) is 12.4. The van der Waals surface area contributed by atoms with Crippen molar-refractivity contribution in [3.8, 4) is 0 Å². The summed E-state index contributed by atoms with van der Waals surface area (Å²) >= 11 is 0. The van der Waals surface area contributed by atoms with Crippen molar-refractivity contribution in [2.75, 3.05) is 0 Å². The second kappa shape index (κ2) is 3.57. The van der Waals surface area contributed by atoms with Crippen LogP contribution in [-0.2, 0) is 11.2 Å². The van der Waals surface area contributed by atoms with Crippen molar-refractivity contribution >= 4 is 11.4 Å². The van der Waals surface area contributed by atoms with Gasteiger partial charge in [-0.3, -0.25) is 4.79 Å². The van der Waals surface area contributed by atoms with Gasteiger partial charge in [0.15, 0.2) is 5.78 Å². The molecule has 0 spiro atoms. The number of hydrogen-bond donors (Lipinski definition) is 0. The Bertz CT molecular complexity index is 588. The minimum absolute atomic E-state index is 0.141. The molecule has 0 saturated carbocycles. The number of hydrogen-bond acceptors (Lipinski definition) is 1. The molecule has 0 radical (unpaired) electrons. The van der Waals surface area contributed by atoms with Crippen molar-refractivity contribution < 1.29 is 4.79 Å². The van der Waals surface area contributed by atoms with Crippen LogP contribution >= 0.6 is 0 Å². The van der Waals surface area contributed by atoms with Crippen LogP contribution in [0.25, 0.3) is 5.57 Å². The van der Waals surface area contributed by atoms with Gasteiger partial charge in [-0.15, -0.1) is 0 Å². The Balaban J connectivity index is 2.14. The zero-order valence-electron chi connectivity index (χ0n) is 11.7. The molecule has 2 aliphatic carbocycles. The first-order valence-electron chi connectivity index (χ1n) is 6.73. The molecule has 1 nitrogen and oxygen atoms in total. The van der Waals surface area contributed by atoms with Gasteiger partial charge < -0.3 is 0 Å². The Hall–Kier alpha value is -1.37. The van der Waals surface area contributed by atoms with Gasteiger partial charge in [0, 0.05) is 12.0 Å². The topological polar surface area (TPSA) is 17.1 Å². The first-order chi connectivity index (χ1) is 8.37. The second-order valence-corrected chi connectivity index (χ2v) is 6.69. The van der Waals surface area contributed by atoms with E-state index < -0.39 is 0 Å². The Morgan fingerprint density at radius 3 is 2.44 bits per heavy atom. The summed E-state index contributed by atoms with van der Waals surface area (Å²) in [5.74, 6) is 0.350. The highest BCUT2D eigenvalue weighted by Crippen LogP contribution is 2.46. The fourth-order valence-corrected chi connectivity index (χ4v) is 3.43. The highest BCUT2D eigenvalue weighted by Gasteiger charge is 2.37. The van der Waals surface area contributed by atoms with Gasteiger partial charge in [0.25, 0.3) is 0 Å². The van der Waals surface area contributed by atoms with Gasteiger partial charge in [-0.2, -0.15) is 0 Å². The molecule has 0 N–H and O–H groups in total. The molecule has 1 heteroatoms. The quantitative estimate of drug-likeness (QED) is 0.670. The van der Waals surface area contributed by atoms with Gasteiger partial charge in [0.2, 0.25) is 0 Å². The molecule has 0 heterocycles. The van der Waals surface area contributed by atoms with Crippen LogP contribution in [0.3, 0.4) is 0 Å². The van der Waals surface area contributed by atoms with Gasteiger partial charge in [0.05, 0.1) is 0 Å². The lowest BCUT2D eigenvalue weighted by Gasteiger charge is -2.29. The van der Waals surface area contributed by atoms with Crippen molar-refractivity contribution in [1.82, 2.24) is 0 Å². The van der Waals surface area contributed by atoms with Crippen LogP contribution in [0.15, 0.2) is 17.7 Å². The summed E-state index contributed by atoms with van der Waals surface area (Å²) in [6.45, 7) is 8.69. The van der Waals surface area contributed by atoms with Crippen molar-refractivity contribution in [3.05, 3.63) is 40.0 Å². The summed E-state index contributed by atoms with van der Waals surface area (Å²) in [7, 11) is 0. The lowest BCUT2D eigenvalue weighted by atomic mass is 9.74. The van der Waals surface area contributed by atoms with Crippen LogP contribution in [0.2, 0.25) is 0 Å². The van der Waals surface area contributed by atoms with Gasteiger partial charge >= 0.3 is 0 Å². The van der Waals surface area contributed by atoms with Crippen molar-refractivity contribution in [2.45, 2.75) is 47.0 Å². The van der Waals surface area contributed by atoms with Crippen LogP contribution in [0.4, 0.5) is 0 Å². The normalized spacial score (nSPS) is 21.0. The number of benzene rings is 1. The van der Waals surface area contributed by atoms with Crippen molar-refractivity contribution in [3.63, 3.8) is 0 Å². The van der Waals surface area contributed by atoms with E-state index in [1.165, 1.54) is 27.8 Å². The zero-order chi connectivity index (χ0) is 13.1. The fourth-order valence-electron chi connectivity index (χ4n) is 3.43. The second-order valence-electron chi connectivity index (χ2n) is 6.69. The van der Waals surface area contributed by atoms with Crippen LogP contribution < -0.4 is 0 Å². The number of ketones is 1. The van der Waals surface area contributed by atoms with E-state index in [1.54, 1.807) is 0 Å². The van der Waals surface area contributed by atoms with E-state index in [2.05, 4.69) is 39.8 Å². The molecule has 0 aromatic heterocycles. The van der Waals surface area contributed by atoms with Gasteiger partial charge in [-0.25, -0.2) is 0 Å². The van der Waals surface area contributed by atoms with E-state index >= 15 is 0 Å². The SMILES string of the molecule is Cc1cc2c(cc1C)C1=C(C2)CC(C)(C)CC1=O. The van der Waals surface area contributed by atoms with Gasteiger partial charge in [-0.1, -0.05) is 31.6 Å². The molecule has 0 unspecified atom stereocenters. The van der Waals surface area contributed by atoms with E-state index in [0.717, 1.165) is 18.4 Å². The van der Waals surface area contributed by atoms with Crippen molar-refractivity contribution in [2.24, 2.45) is 5.41 Å². The molecule has 0 fully saturated rings. The van der Waals surface area contributed by atoms with Crippen LogP contribution in [0.1, 0.15) is 48.9 Å². The maximum absolute atomic E-state index is 12.4. The van der Waals surface area contributed by atoms with Gasteiger partial charge in [0.1, 0.15) is 0 Å². The standard InChI is InChI=1S/C17H20O/c1-10-5-12-7-13-8-17(3,4)9-15(18)16(13)14(12)6-11(10)2/h5-6H,7-9H2,1-4H3. The minimum Gasteiger partial charge on any atom is -0.294 e. The maximum Gasteiger partial charge on any atom is 0.163 e. The van der Waals surface area contributed by atoms with Crippen LogP contribution in [0, 0.1) is 19.3 Å². The molecular formula is C17H20O. The zero-order valence-corrected chi connectivity index (χ0v) is 11.7. The number of fused-ring (bicyclic) bond motifs is 2. The molecule has 3 rings (SSSR count). The van der Waals surface area contributed by atoms with E-state index in [1.807, 2.05) is 0 Å². The molecule has 0 atom stereocenters. The number of rotatable bonds is 0. The summed E-state index contributed by atoms with van der Waals surface area (Å²) in [6, 6.07) is 4.48. The summed E-state index contributed by atoms with van der Waals surface area (Å²) in [5.41, 5.74) is 7.76. The number of aryl methyl sites for hydroxylation is 2. The molecule has 0 amide bonds. The largest absolute Gasteiger partial charge is 0.294 e. The maximum atomic E-state index is 12.4. The molecule has 1 aromatic rings. The summed E-state index contributed by atoms with van der Waals surface area (Å²) < 4.78 is 0. The highest BCUT2D eigenvalue weighted by atomic mass is 16.1. The lowest BCUT2D eigenvalue weighted by Crippen LogP contribution is -2.23. The first-order valence-corrected chi connectivity index (χ1v) is 6.73. The molecule has 1 aromatic carbocycles. The van der Waals surface area contributed by atoms with E-state index in [9.17, 15) is 4.79 Å². The first kappa shape index (κ1) is 11.7. The molecule has 0 aliphatic heterocycles. The lowest BCUT2D eigenvalue weighted by molar-refractivity contribution is -0.116. The Morgan fingerprint density at radius 1 is 1.06 bits per heavy atom. The smallest absolute Gasteiger partial charge is 0.163 e. The Kier molecular flexibility index (Phi) is 2.32. The van der Waals surface area contributed by atoms with Crippen molar-refractivity contribution in [1.29, 1.82) is 0 Å². The van der Waals surface area contributed by atoms with E-state index in [-0.39, 0.29) is 5.41 Å². The molecule has 0 bridgehead atoms. The number of carbonyl (C=O) groups is 1. The monoisotopic (exact) mass is 240 g/mol. The number of Topliss-reactive ketones (excluding diaryl/α,β-unsaturated/α-hetero) is 1. The molecule has 2 aliphatic rings. The third kappa shape index (κ3) is 1.65. The minimum atomic E-state index is 0.141. The highest BCUT2D eigenvalue weighted by molar-refractivity contribution is 6.24. The molecule has 94 valence electrons. The fraction of sp³-hybridized carbons (Fsp3) is 0.471. The summed E-state index contributed by atoms with van der Waals surface area (Å²) in [5, 5.41) is 0. The number of carbonyl (C=O) groups excluding carboxylic acids is 1. The third-order valence-corrected chi connectivity index (χ3v) is 4.36. The number of allylic oxidation sites excluding steroid dienone is 2. The summed E-state index contributed by atoms with van der Waals surface area (Å²) in [6.07, 6.45) is 2.75. The Labute approximate surface area is 109 Å². The van der Waals surface area contributed by atoms with Crippen LogP contribution in [-0.4, -0.2) is 5.78 Å². The molecular weight excluding hydrogens is 220 g/mol. The average Bonchev–Trinajstić information content (AvgIpc) is 2.54. The average molecular weight is 240 g/mol. The predicted octanol–water partition coefficient (Wildman–Crippen LogP) is 4.00. The molecule has 18 heavy (non-hydrogen) atoms. The Morgan fingerprint density at radius 2 is 1.72 bits per heavy atom. The van der Waals surface area contributed by atoms with Crippen LogP contribution in [0.5, 0.6) is 0 Å². The van der Waals surface area contributed by atoms with Gasteiger partial charge in [-0.05, 0) is 54.4 Å². The van der Waals surface area contributed by atoms with E-state index in [4.69, 9.17) is 0 Å². The van der Waals surface area contributed by atoms with E-state index in [0.29, 0.717) is 12.2 Å². The third-order valence-electron chi connectivity index (χ3n) is 4.36.